The number of benzene rings is 1. The first-order chi connectivity index (χ1) is 17.7. The molecule has 0 aliphatic heterocycles. The first-order valence-corrected chi connectivity index (χ1v) is 12.1. The van der Waals surface area contributed by atoms with Gasteiger partial charge in [0.25, 0.3) is 0 Å². The van der Waals surface area contributed by atoms with Crippen molar-refractivity contribution < 1.29 is 44.3 Å². The molecule has 1 saturated carbocycles. The highest BCUT2D eigenvalue weighted by molar-refractivity contribution is 6.24. The SMILES string of the molecule is C#CCOC(=O)Nc1ccc2c(c1O)C(O)=C1C(=O)[C@@]3(O)C(O)=C(C(C)=O)C(=O)C(C(C)C)[C@@]3(C)C[C@H]1C2. The molecule has 10 nitrogen and oxygen atoms in total. The summed E-state index contributed by atoms with van der Waals surface area (Å²) in [6.45, 7) is 5.77. The van der Waals surface area contributed by atoms with Gasteiger partial charge in [0.15, 0.2) is 23.8 Å². The Bertz CT molecular complexity index is 1400. The van der Waals surface area contributed by atoms with Crippen LogP contribution in [0, 0.1) is 35.5 Å². The van der Waals surface area contributed by atoms with Crippen molar-refractivity contribution in [1.29, 1.82) is 0 Å². The number of nitrogens with one attached hydrogen (secondary N) is 1. The number of terminal acetylenes is 1. The predicted molar refractivity (Wildman–Crippen MR) is 135 cm³/mol. The molecule has 38 heavy (non-hydrogen) atoms. The number of carbonyl (C=O) groups excluding carboxylic acids is 4. The summed E-state index contributed by atoms with van der Waals surface area (Å²) in [5.41, 5.74) is -4.82. The molecule has 4 rings (SSSR count). The summed E-state index contributed by atoms with van der Waals surface area (Å²) >= 11 is 0. The average molecular weight is 524 g/mol. The molecule has 1 amide bonds. The van der Waals surface area contributed by atoms with Gasteiger partial charge in [0.2, 0.25) is 5.78 Å². The first kappa shape index (κ1) is 26.9. The van der Waals surface area contributed by atoms with Crippen molar-refractivity contribution in [2.45, 2.75) is 46.1 Å². The first-order valence-electron chi connectivity index (χ1n) is 12.1. The predicted octanol–water partition coefficient (Wildman–Crippen LogP) is 2.98. The average Bonchev–Trinajstić information content (AvgIpc) is 2.81. The minimum Gasteiger partial charge on any atom is -0.508 e. The third kappa shape index (κ3) is 3.53. The number of aromatic hydroxyl groups is 1. The number of ketones is 3. The van der Waals surface area contributed by atoms with Gasteiger partial charge < -0.3 is 25.2 Å². The molecule has 1 aromatic rings. The number of Topliss-reactive ketones (excluding diaryl/α,β-unsaturated/α-hetero) is 3. The van der Waals surface area contributed by atoms with Gasteiger partial charge in [0.05, 0.1) is 11.3 Å². The van der Waals surface area contributed by atoms with Gasteiger partial charge >= 0.3 is 6.09 Å². The summed E-state index contributed by atoms with van der Waals surface area (Å²) in [7, 11) is 0. The number of fused-ring (bicyclic) bond motifs is 3. The minimum atomic E-state index is -2.67. The van der Waals surface area contributed by atoms with E-state index in [0.717, 1.165) is 6.92 Å². The second-order valence-electron chi connectivity index (χ2n) is 10.6. The van der Waals surface area contributed by atoms with E-state index in [4.69, 9.17) is 11.2 Å². The standard InChI is InChI=1S/C28H29NO9/c1-6-9-38-26(36)29-16-8-7-14-10-15-11-27(5)20(12(2)3)23(33)17(13(4)30)24(34)28(27,37)25(35)19(15)22(32)18(14)21(16)31/h1,7-8,12,15,20,31-32,34,37H,9-11H2,2-5H3,(H,29,36)/t15-,20?,27-,28+/m1/s1. The van der Waals surface area contributed by atoms with Gasteiger partial charge in [-0.2, -0.15) is 0 Å². The van der Waals surface area contributed by atoms with Crippen LogP contribution in [-0.2, 0) is 25.5 Å². The highest BCUT2D eigenvalue weighted by Crippen LogP contribution is 2.61. The molecule has 10 heteroatoms. The van der Waals surface area contributed by atoms with E-state index in [1.54, 1.807) is 19.9 Å². The van der Waals surface area contributed by atoms with E-state index >= 15 is 0 Å². The number of rotatable bonds is 4. The molecule has 0 bridgehead atoms. The molecule has 0 spiro atoms. The third-order valence-electron chi connectivity index (χ3n) is 8.04. The van der Waals surface area contributed by atoms with Crippen LogP contribution in [0.5, 0.6) is 5.75 Å². The molecule has 5 N–H and O–H groups in total. The number of phenols is 1. The van der Waals surface area contributed by atoms with E-state index < -0.39 is 75.1 Å². The maximum atomic E-state index is 14.0. The molecule has 3 aliphatic carbocycles. The fraction of sp³-hybridized carbons (Fsp3) is 0.429. The molecule has 0 saturated heterocycles. The van der Waals surface area contributed by atoms with Gasteiger partial charge in [-0.25, -0.2) is 4.79 Å². The summed E-state index contributed by atoms with van der Waals surface area (Å²) < 4.78 is 4.74. The van der Waals surface area contributed by atoms with E-state index in [1.165, 1.54) is 13.0 Å². The lowest BCUT2D eigenvalue weighted by Crippen LogP contribution is -2.67. The van der Waals surface area contributed by atoms with Crippen LogP contribution in [0.4, 0.5) is 10.5 Å². The molecular weight excluding hydrogens is 494 g/mol. The van der Waals surface area contributed by atoms with E-state index in [0.29, 0.717) is 5.56 Å². The molecule has 200 valence electrons. The summed E-state index contributed by atoms with van der Waals surface area (Å²) in [5.74, 6) is -4.59. The summed E-state index contributed by atoms with van der Waals surface area (Å²) in [6, 6.07) is 2.96. The zero-order chi connectivity index (χ0) is 28.3. The third-order valence-corrected chi connectivity index (χ3v) is 8.04. The topological polar surface area (TPSA) is 170 Å². The second-order valence-corrected chi connectivity index (χ2v) is 10.6. The van der Waals surface area contributed by atoms with Gasteiger partial charge in [-0.15, -0.1) is 6.42 Å². The summed E-state index contributed by atoms with van der Waals surface area (Å²) in [5, 5.41) is 47.5. The van der Waals surface area contributed by atoms with Gasteiger partial charge in [-0.05, 0) is 43.2 Å². The van der Waals surface area contributed by atoms with E-state index in [1.807, 2.05) is 0 Å². The van der Waals surface area contributed by atoms with Crippen molar-refractivity contribution in [2.75, 3.05) is 11.9 Å². The molecular formula is C28H29NO9. The number of aliphatic hydroxyl groups excluding tert-OH is 2. The number of hydrogen-bond donors (Lipinski definition) is 5. The number of carbonyl (C=O) groups is 4. The van der Waals surface area contributed by atoms with Gasteiger partial charge in [-0.3, -0.25) is 19.7 Å². The van der Waals surface area contributed by atoms with E-state index in [9.17, 15) is 39.6 Å². The normalized spacial score (nSPS) is 28.3. The lowest BCUT2D eigenvalue weighted by atomic mass is 9.46. The van der Waals surface area contributed by atoms with Gasteiger partial charge in [0, 0.05) is 16.9 Å². The monoisotopic (exact) mass is 523 g/mol. The molecule has 0 radical (unpaired) electrons. The number of aliphatic hydroxyl groups is 3. The molecule has 0 heterocycles. The Balaban J connectivity index is 1.90. The molecule has 1 unspecified atom stereocenters. The largest absolute Gasteiger partial charge is 0.508 e. The van der Waals surface area contributed by atoms with Crippen LogP contribution in [0.3, 0.4) is 0 Å². The van der Waals surface area contributed by atoms with Crippen LogP contribution in [0.1, 0.15) is 45.2 Å². The van der Waals surface area contributed by atoms with E-state index in [-0.39, 0.29) is 36.3 Å². The Morgan fingerprint density at radius 3 is 2.47 bits per heavy atom. The molecule has 3 aliphatic rings. The number of hydrogen-bond acceptors (Lipinski definition) is 9. The summed E-state index contributed by atoms with van der Waals surface area (Å²) in [4.78, 5) is 51.7. The number of phenolic OH excluding ortho intramolecular Hbond substituents is 1. The van der Waals surface area contributed by atoms with Crippen molar-refractivity contribution in [1.82, 2.24) is 0 Å². The Kier molecular flexibility index (Phi) is 6.40. The second kappa shape index (κ2) is 9.03. The quantitative estimate of drug-likeness (QED) is 0.226. The van der Waals surface area contributed by atoms with Crippen LogP contribution in [0.15, 0.2) is 29.0 Å². The fourth-order valence-corrected chi connectivity index (χ4v) is 6.55. The van der Waals surface area contributed by atoms with Crippen LogP contribution in [0.2, 0.25) is 0 Å². The van der Waals surface area contributed by atoms with Crippen LogP contribution in [0.25, 0.3) is 5.76 Å². The van der Waals surface area contributed by atoms with Crippen LogP contribution < -0.4 is 5.32 Å². The molecule has 1 fully saturated rings. The van der Waals surface area contributed by atoms with E-state index in [2.05, 4.69) is 11.2 Å². The summed E-state index contributed by atoms with van der Waals surface area (Å²) in [6.07, 6.45) is 4.30. The van der Waals surface area contributed by atoms with Gasteiger partial charge in [0.1, 0.15) is 22.8 Å². The highest BCUT2D eigenvalue weighted by atomic mass is 16.5. The Labute approximate surface area is 219 Å². The number of allylic oxidation sites excluding steroid dienone is 1. The minimum absolute atomic E-state index is 0.0249. The van der Waals surface area contributed by atoms with Crippen molar-refractivity contribution in [3.05, 3.63) is 40.2 Å². The highest BCUT2D eigenvalue weighted by Gasteiger charge is 2.70. The number of ether oxygens (including phenoxy) is 1. The zero-order valence-electron chi connectivity index (χ0n) is 21.4. The Morgan fingerprint density at radius 1 is 1.24 bits per heavy atom. The maximum absolute atomic E-state index is 14.0. The zero-order valence-corrected chi connectivity index (χ0v) is 21.4. The van der Waals surface area contributed by atoms with Crippen LogP contribution >= 0.6 is 0 Å². The number of amides is 1. The molecule has 4 atom stereocenters. The lowest BCUT2D eigenvalue weighted by Gasteiger charge is -2.57. The Hall–Kier alpha value is -4.10. The van der Waals surface area contributed by atoms with Crippen molar-refractivity contribution in [3.63, 3.8) is 0 Å². The maximum Gasteiger partial charge on any atom is 0.412 e. The molecule has 1 aromatic carbocycles. The smallest absolute Gasteiger partial charge is 0.412 e. The number of anilines is 1. The van der Waals surface area contributed by atoms with Crippen molar-refractivity contribution in [2.24, 2.45) is 23.2 Å². The van der Waals surface area contributed by atoms with Crippen LogP contribution in [-0.4, -0.2) is 56.1 Å². The lowest BCUT2D eigenvalue weighted by molar-refractivity contribution is -0.174. The fourth-order valence-electron chi connectivity index (χ4n) is 6.55. The van der Waals surface area contributed by atoms with Crippen molar-refractivity contribution >= 4 is 34.9 Å². The van der Waals surface area contributed by atoms with Gasteiger partial charge in [-0.1, -0.05) is 32.8 Å². The Morgan fingerprint density at radius 2 is 1.89 bits per heavy atom. The molecule has 0 aromatic heterocycles. The van der Waals surface area contributed by atoms with Crippen molar-refractivity contribution in [3.8, 4) is 18.1 Å².